The van der Waals surface area contributed by atoms with Gasteiger partial charge in [-0.05, 0) is 19.9 Å². The summed E-state index contributed by atoms with van der Waals surface area (Å²) in [5.74, 6) is 0. The molecule has 5 nitrogen and oxygen atoms in total. The van der Waals surface area contributed by atoms with Gasteiger partial charge in [0.1, 0.15) is 11.0 Å². The van der Waals surface area contributed by atoms with E-state index in [0.717, 1.165) is 13.1 Å². The highest BCUT2D eigenvalue weighted by molar-refractivity contribution is 7.91. The molecule has 2 fully saturated rings. The lowest BCUT2D eigenvalue weighted by Gasteiger charge is -2.33. The maximum atomic E-state index is 12.1. The van der Waals surface area contributed by atoms with Crippen molar-refractivity contribution in [1.82, 2.24) is 9.21 Å². The van der Waals surface area contributed by atoms with E-state index in [9.17, 15) is 13.2 Å². The number of nitrogens with zero attached hydrogens (tertiary/aromatic N) is 2. The highest BCUT2D eigenvalue weighted by Gasteiger charge is 2.57. The first-order chi connectivity index (χ1) is 7.02. The molecule has 1 saturated carbocycles. The number of hydrogen-bond donors (Lipinski definition) is 0. The van der Waals surface area contributed by atoms with Crippen LogP contribution in [0, 0.1) is 0 Å². The normalized spacial score (nSPS) is 27.5. The minimum absolute atomic E-state index is 0.491. The van der Waals surface area contributed by atoms with Crippen LogP contribution in [0.2, 0.25) is 0 Å². The van der Waals surface area contributed by atoms with Gasteiger partial charge in [-0.3, -0.25) is 0 Å². The van der Waals surface area contributed by atoms with Crippen molar-refractivity contribution in [3.8, 4) is 0 Å². The van der Waals surface area contributed by atoms with Gasteiger partial charge in [0, 0.05) is 26.2 Å². The Bertz CT molecular complexity index is 354. The Hall–Kier alpha value is -0.460. The van der Waals surface area contributed by atoms with E-state index >= 15 is 0 Å². The van der Waals surface area contributed by atoms with Crippen molar-refractivity contribution >= 4 is 16.3 Å². The Labute approximate surface area is 90.1 Å². The summed E-state index contributed by atoms with van der Waals surface area (Å²) in [5.41, 5.74) is 0. The van der Waals surface area contributed by atoms with Crippen molar-refractivity contribution in [1.29, 1.82) is 0 Å². The number of carbonyl (C=O) groups excluding carboxylic acids is 1. The molecule has 0 aromatic heterocycles. The molecule has 0 amide bonds. The average Bonchev–Trinajstić information content (AvgIpc) is 2.99. The molecule has 0 spiro atoms. The van der Waals surface area contributed by atoms with Crippen molar-refractivity contribution < 1.29 is 13.2 Å². The molecule has 1 aliphatic carbocycles. The molecular formula is C9H16N2O3S. The first-order valence-corrected chi connectivity index (χ1v) is 6.60. The van der Waals surface area contributed by atoms with Gasteiger partial charge in [0.05, 0.1) is 0 Å². The van der Waals surface area contributed by atoms with E-state index in [1.54, 1.807) is 0 Å². The summed E-state index contributed by atoms with van der Waals surface area (Å²) in [6, 6.07) is 0. The third-order valence-electron chi connectivity index (χ3n) is 3.27. The van der Waals surface area contributed by atoms with Crippen LogP contribution in [-0.4, -0.2) is 61.9 Å². The Morgan fingerprint density at radius 2 is 1.67 bits per heavy atom. The maximum Gasteiger partial charge on any atom is 0.226 e. The average molecular weight is 232 g/mol. The molecule has 0 aromatic rings. The lowest BCUT2D eigenvalue weighted by atomic mass is 10.4. The second-order valence-corrected chi connectivity index (χ2v) is 6.67. The fourth-order valence-corrected chi connectivity index (χ4v) is 3.74. The number of carbonyl (C=O) groups is 1. The molecule has 2 aliphatic rings. The first kappa shape index (κ1) is 11.0. The van der Waals surface area contributed by atoms with Crippen LogP contribution in [-0.2, 0) is 14.8 Å². The molecule has 0 aromatic carbocycles. The molecule has 86 valence electrons. The van der Waals surface area contributed by atoms with Gasteiger partial charge in [-0.15, -0.1) is 0 Å². The standard InChI is InChI=1S/C9H16N2O3S/c1-10-4-6-11(7-5-10)15(13,14)9(8-12)2-3-9/h8H,2-7H2,1H3. The molecule has 0 bridgehead atoms. The predicted octanol–water partition coefficient (Wildman–Crippen LogP) is -0.705. The number of sulfonamides is 1. The van der Waals surface area contributed by atoms with Gasteiger partial charge in [-0.1, -0.05) is 0 Å². The summed E-state index contributed by atoms with van der Waals surface area (Å²) in [6.07, 6.45) is 1.59. The third kappa shape index (κ3) is 1.70. The number of hydrogen-bond acceptors (Lipinski definition) is 4. The van der Waals surface area contributed by atoms with Crippen molar-refractivity contribution in [3.05, 3.63) is 0 Å². The molecule has 0 unspecified atom stereocenters. The summed E-state index contributed by atoms with van der Waals surface area (Å²) in [4.78, 5) is 12.9. The van der Waals surface area contributed by atoms with Crippen LogP contribution in [0.3, 0.4) is 0 Å². The van der Waals surface area contributed by atoms with E-state index < -0.39 is 14.8 Å². The second-order valence-electron chi connectivity index (χ2n) is 4.39. The molecule has 1 aliphatic heterocycles. The predicted molar refractivity (Wildman–Crippen MR) is 56.0 cm³/mol. The van der Waals surface area contributed by atoms with Crippen LogP contribution in [0.15, 0.2) is 0 Å². The van der Waals surface area contributed by atoms with Crippen molar-refractivity contribution in [2.45, 2.75) is 17.6 Å². The Kier molecular flexibility index (Phi) is 2.60. The maximum absolute atomic E-state index is 12.1. The van der Waals surface area contributed by atoms with Crippen molar-refractivity contribution in [2.24, 2.45) is 0 Å². The summed E-state index contributed by atoms with van der Waals surface area (Å²) in [6.45, 7) is 2.51. The van der Waals surface area contributed by atoms with Crippen LogP contribution in [0.5, 0.6) is 0 Å². The van der Waals surface area contributed by atoms with Gasteiger partial charge in [-0.25, -0.2) is 8.42 Å². The molecule has 2 rings (SSSR count). The van der Waals surface area contributed by atoms with E-state index in [1.807, 2.05) is 7.05 Å². The zero-order chi connectivity index (χ0) is 11.1. The van der Waals surface area contributed by atoms with Gasteiger partial charge in [0.15, 0.2) is 0 Å². The highest BCUT2D eigenvalue weighted by atomic mass is 32.2. The Morgan fingerprint density at radius 3 is 2.07 bits per heavy atom. The molecule has 15 heavy (non-hydrogen) atoms. The van der Waals surface area contributed by atoms with Gasteiger partial charge < -0.3 is 9.69 Å². The van der Waals surface area contributed by atoms with Gasteiger partial charge in [0.2, 0.25) is 10.0 Å². The fraction of sp³-hybridized carbons (Fsp3) is 0.889. The molecule has 6 heteroatoms. The number of piperazine rings is 1. The number of rotatable bonds is 3. The number of likely N-dealkylation sites (N-methyl/N-ethyl adjacent to an activating group) is 1. The van der Waals surface area contributed by atoms with E-state index in [2.05, 4.69) is 4.90 Å². The van der Waals surface area contributed by atoms with Crippen LogP contribution in [0.1, 0.15) is 12.8 Å². The van der Waals surface area contributed by atoms with E-state index in [-0.39, 0.29) is 0 Å². The SMILES string of the molecule is CN1CCN(S(=O)(=O)C2(C=O)CC2)CC1. The van der Waals surface area contributed by atoms with Gasteiger partial charge in [-0.2, -0.15) is 4.31 Å². The lowest BCUT2D eigenvalue weighted by molar-refractivity contribution is -0.108. The minimum Gasteiger partial charge on any atom is -0.304 e. The van der Waals surface area contributed by atoms with E-state index in [4.69, 9.17) is 0 Å². The monoisotopic (exact) mass is 232 g/mol. The minimum atomic E-state index is -3.39. The van der Waals surface area contributed by atoms with Crippen LogP contribution >= 0.6 is 0 Å². The highest BCUT2D eigenvalue weighted by Crippen LogP contribution is 2.43. The quantitative estimate of drug-likeness (QED) is 0.604. The third-order valence-corrected chi connectivity index (χ3v) is 5.85. The molecule has 1 heterocycles. The molecule has 1 saturated heterocycles. The van der Waals surface area contributed by atoms with Gasteiger partial charge >= 0.3 is 0 Å². The van der Waals surface area contributed by atoms with Crippen molar-refractivity contribution in [2.75, 3.05) is 33.2 Å². The zero-order valence-corrected chi connectivity index (χ0v) is 9.66. The summed E-state index contributed by atoms with van der Waals surface area (Å²) in [7, 11) is -1.42. The summed E-state index contributed by atoms with van der Waals surface area (Å²) >= 11 is 0. The molecule has 0 atom stereocenters. The van der Waals surface area contributed by atoms with Gasteiger partial charge in [0.25, 0.3) is 0 Å². The number of aldehydes is 1. The molecule has 0 N–H and O–H groups in total. The lowest BCUT2D eigenvalue weighted by Crippen LogP contribution is -2.50. The van der Waals surface area contributed by atoms with Crippen LogP contribution in [0.4, 0.5) is 0 Å². The second kappa shape index (κ2) is 3.54. The fourth-order valence-electron chi connectivity index (χ4n) is 1.85. The van der Waals surface area contributed by atoms with Crippen LogP contribution < -0.4 is 0 Å². The zero-order valence-electron chi connectivity index (χ0n) is 8.85. The van der Waals surface area contributed by atoms with E-state index in [0.29, 0.717) is 32.2 Å². The van der Waals surface area contributed by atoms with Crippen molar-refractivity contribution in [3.63, 3.8) is 0 Å². The summed E-state index contributed by atoms with van der Waals surface area (Å²) in [5, 5.41) is 0. The Morgan fingerprint density at radius 1 is 1.13 bits per heavy atom. The largest absolute Gasteiger partial charge is 0.304 e. The molecular weight excluding hydrogens is 216 g/mol. The molecule has 0 radical (unpaired) electrons. The van der Waals surface area contributed by atoms with Crippen LogP contribution in [0.25, 0.3) is 0 Å². The summed E-state index contributed by atoms with van der Waals surface area (Å²) < 4.78 is 24.6. The smallest absolute Gasteiger partial charge is 0.226 e. The van der Waals surface area contributed by atoms with E-state index in [1.165, 1.54) is 4.31 Å². The topological polar surface area (TPSA) is 57.7 Å². The Balaban J connectivity index is 2.13. The first-order valence-electron chi connectivity index (χ1n) is 5.16.